The van der Waals surface area contributed by atoms with Crippen LogP contribution in [0.25, 0.3) is 0 Å². The quantitative estimate of drug-likeness (QED) is 0.813. The summed E-state index contributed by atoms with van der Waals surface area (Å²) in [6, 6.07) is 6.44. The van der Waals surface area contributed by atoms with Crippen molar-refractivity contribution in [3.05, 3.63) is 34.9 Å². The summed E-state index contributed by atoms with van der Waals surface area (Å²) in [5, 5.41) is 0. The molecule has 0 amide bonds. The van der Waals surface area contributed by atoms with Gasteiger partial charge in [0.15, 0.2) is 5.78 Å². The van der Waals surface area contributed by atoms with Crippen molar-refractivity contribution in [1.82, 2.24) is 0 Å². The molecule has 1 saturated carbocycles. The predicted octanol–water partition coefficient (Wildman–Crippen LogP) is 3.21. The number of Topliss-reactive ketones (excluding diaryl/α,β-unsaturated/α-hetero) is 1. The first kappa shape index (κ1) is 13.3. The molecular formula is C16H23NO. The van der Waals surface area contributed by atoms with Gasteiger partial charge in [0, 0.05) is 17.5 Å². The maximum Gasteiger partial charge on any atom is 0.166 e. The van der Waals surface area contributed by atoms with E-state index >= 15 is 0 Å². The van der Waals surface area contributed by atoms with E-state index in [9.17, 15) is 4.79 Å². The van der Waals surface area contributed by atoms with Gasteiger partial charge in [0.2, 0.25) is 0 Å². The van der Waals surface area contributed by atoms with Gasteiger partial charge in [-0.3, -0.25) is 4.79 Å². The zero-order valence-electron chi connectivity index (χ0n) is 11.8. The molecule has 1 aliphatic rings. The molecule has 2 N–H and O–H groups in total. The SMILES string of the molecule is Cc1cc(C(C)(C)C)ccc1C(=O)C1CC(N)C1. The standard InChI is InChI=1S/C16H23NO/c1-10-7-12(16(2,3)4)5-6-14(10)15(18)11-8-13(17)9-11/h5-7,11,13H,8-9,17H2,1-4H3. The summed E-state index contributed by atoms with van der Waals surface area (Å²) in [6.07, 6.45) is 1.69. The van der Waals surface area contributed by atoms with E-state index in [0.717, 1.165) is 24.0 Å². The van der Waals surface area contributed by atoms with Crippen LogP contribution in [0.3, 0.4) is 0 Å². The second-order valence-electron chi connectivity index (χ2n) is 6.57. The molecule has 2 nitrogen and oxygen atoms in total. The Hall–Kier alpha value is -1.15. The molecule has 0 bridgehead atoms. The van der Waals surface area contributed by atoms with E-state index in [1.807, 2.05) is 13.0 Å². The third kappa shape index (κ3) is 2.49. The third-order valence-corrected chi connectivity index (χ3v) is 3.90. The van der Waals surface area contributed by atoms with Gasteiger partial charge in [0.25, 0.3) is 0 Å². The number of nitrogens with two attached hydrogens (primary N) is 1. The maximum atomic E-state index is 12.3. The number of aryl methyl sites for hydroxylation is 1. The Balaban J connectivity index is 2.22. The topological polar surface area (TPSA) is 43.1 Å². The first-order chi connectivity index (χ1) is 8.29. The molecule has 0 atom stereocenters. The van der Waals surface area contributed by atoms with Gasteiger partial charge in [-0.25, -0.2) is 0 Å². The van der Waals surface area contributed by atoms with Crippen molar-refractivity contribution in [2.75, 3.05) is 0 Å². The number of hydrogen-bond acceptors (Lipinski definition) is 2. The van der Waals surface area contributed by atoms with Crippen LogP contribution in [0.4, 0.5) is 0 Å². The van der Waals surface area contributed by atoms with E-state index in [1.54, 1.807) is 0 Å². The fourth-order valence-electron chi connectivity index (χ4n) is 2.50. The molecule has 0 aliphatic heterocycles. The second-order valence-corrected chi connectivity index (χ2v) is 6.57. The summed E-state index contributed by atoms with van der Waals surface area (Å²) in [4.78, 5) is 12.3. The van der Waals surface area contributed by atoms with Crippen molar-refractivity contribution in [1.29, 1.82) is 0 Å². The molecular weight excluding hydrogens is 222 g/mol. The number of rotatable bonds is 2. The van der Waals surface area contributed by atoms with Gasteiger partial charge in [0.1, 0.15) is 0 Å². The Bertz CT molecular complexity index is 464. The van der Waals surface area contributed by atoms with Gasteiger partial charge in [-0.05, 0) is 36.3 Å². The summed E-state index contributed by atoms with van der Waals surface area (Å²) < 4.78 is 0. The highest BCUT2D eigenvalue weighted by Crippen LogP contribution is 2.31. The van der Waals surface area contributed by atoms with Crippen LogP contribution in [0.15, 0.2) is 18.2 Å². The lowest BCUT2D eigenvalue weighted by molar-refractivity contribution is 0.0832. The minimum absolute atomic E-state index is 0.130. The monoisotopic (exact) mass is 245 g/mol. The van der Waals surface area contributed by atoms with E-state index in [0.29, 0.717) is 0 Å². The summed E-state index contributed by atoms with van der Waals surface area (Å²) in [5.74, 6) is 0.425. The van der Waals surface area contributed by atoms with Crippen LogP contribution in [0.2, 0.25) is 0 Å². The molecule has 0 radical (unpaired) electrons. The predicted molar refractivity (Wildman–Crippen MR) is 74.9 cm³/mol. The lowest BCUT2D eigenvalue weighted by Gasteiger charge is -2.31. The van der Waals surface area contributed by atoms with Gasteiger partial charge in [-0.1, -0.05) is 39.0 Å². The Morgan fingerprint density at radius 2 is 1.89 bits per heavy atom. The highest BCUT2D eigenvalue weighted by atomic mass is 16.1. The summed E-state index contributed by atoms with van der Waals surface area (Å²) in [6.45, 7) is 8.59. The Kier molecular flexibility index (Phi) is 3.33. The smallest absolute Gasteiger partial charge is 0.166 e. The van der Waals surface area contributed by atoms with Crippen LogP contribution in [0, 0.1) is 12.8 Å². The van der Waals surface area contributed by atoms with Crippen molar-refractivity contribution in [2.45, 2.75) is 52.0 Å². The van der Waals surface area contributed by atoms with Crippen LogP contribution in [-0.2, 0) is 5.41 Å². The van der Waals surface area contributed by atoms with E-state index in [2.05, 4.69) is 32.9 Å². The highest BCUT2D eigenvalue weighted by molar-refractivity contribution is 5.99. The average molecular weight is 245 g/mol. The highest BCUT2D eigenvalue weighted by Gasteiger charge is 2.33. The molecule has 1 aromatic rings. The van der Waals surface area contributed by atoms with Crippen molar-refractivity contribution in [3.8, 4) is 0 Å². The average Bonchev–Trinajstić information content (AvgIpc) is 2.22. The molecule has 0 saturated heterocycles. The molecule has 0 unspecified atom stereocenters. The zero-order chi connectivity index (χ0) is 13.5. The van der Waals surface area contributed by atoms with Gasteiger partial charge in [-0.2, -0.15) is 0 Å². The third-order valence-electron chi connectivity index (χ3n) is 3.90. The largest absolute Gasteiger partial charge is 0.328 e. The lowest BCUT2D eigenvalue weighted by Crippen LogP contribution is -2.40. The zero-order valence-corrected chi connectivity index (χ0v) is 11.8. The molecule has 0 spiro atoms. The Morgan fingerprint density at radius 1 is 1.28 bits per heavy atom. The van der Waals surface area contributed by atoms with Crippen LogP contribution in [-0.4, -0.2) is 11.8 Å². The van der Waals surface area contributed by atoms with Crippen LogP contribution < -0.4 is 5.73 Å². The molecule has 0 heterocycles. The minimum atomic E-state index is 0.130. The molecule has 2 rings (SSSR count). The number of ketones is 1. The van der Waals surface area contributed by atoms with E-state index < -0.39 is 0 Å². The van der Waals surface area contributed by atoms with E-state index in [1.165, 1.54) is 5.56 Å². The minimum Gasteiger partial charge on any atom is -0.328 e. The summed E-state index contributed by atoms with van der Waals surface area (Å²) >= 11 is 0. The molecule has 1 aliphatic carbocycles. The second kappa shape index (κ2) is 4.51. The van der Waals surface area contributed by atoms with Gasteiger partial charge in [-0.15, -0.1) is 0 Å². The number of carbonyl (C=O) groups is 1. The molecule has 1 fully saturated rings. The van der Waals surface area contributed by atoms with Crippen LogP contribution in [0.1, 0.15) is 55.1 Å². The van der Waals surface area contributed by atoms with Crippen LogP contribution in [0.5, 0.6) is 0 Å². The molecule has 98 valence electrons. The van der Waals surface area contributed by atoms with Gasteiger partial charge >= 0.3 is 0 Å². The van der Waals surface area contributed by atoms with E-state index in [4.69, 9.17) is 5.73 Å². The van der Waals surface area contributed by atoms with Crippen molar-refractivity contribution < 1.29 is 4.79 Å². The van der Waals surface area contributed by atoms with E-state index in [-0.39, 0.29) is 23.2 Å². The molecule has 2 heteroatoms. The molecule has 18 heavy (non-hydrogen) atoms. The molecule has 1 aromatic carbocycles. The first-order valence-electron chi connectivity index (χ1n) is 6.70. The van der Waals surface area contributed by atoms with Crippen molar-refractivity contribution in [3.63, 3.8) is 0 Å². The first-order valence-corrected chi connectivity index (χ1v) is 6.70. The summed E-state index contributed by atoms with van der Waals surface area (Å²) in [5.41, 5.74) is 9.13. The Labute approximate surface area is 110 Å². The Morgan fingerprint density at radius 3 is 2.33 bits per heavy atom. The van der Waals surface area contributed by atoms with Crippen molar-refractivity contribution >= 4 is 5.78 Å². The fraction of sp³-hybridized carbons (Fsp3) is 0.562. The summed E-state index contributed by atoms with van der Waals surface area (Å²) in [7, 11) is 0. The van der Waals surface area contributed by atoms with Gasteiger partial charge in [0.05, 0.1) is 0 Å². The maximum absolute atomic E-state index is 12.3. The fourth-order valence-corrected chi connectivity index (χ4v) is 2.50. The number of carbonyl (C=O) groups excluding carboxylic acids is 1. The van der Waals surface area contributed by atoms with Crippen LogP contribution >= 0.6 is 0 Å². The van der Waals surface area contributed by atoms with Gasteiger partial charge < -0.3 is 5.73 Å². The number of benzene rings is 1. The van der Waals surface area contributed by atoms with Crippen molar-refractivity contribution in [2.24, 2.45) is 11.7 Å². The number of hydrogen-bond donors (Lipinski definition) is 1. The lowest BCUT2D eigenvalue weighted by atomic mass is 9.75. The normalized spacial score (nSPS) is 23.6. The molecule has 0 aromatic heterocycles.